The fraction of sp³-hybridized carbons (Fsp3) is 0.900. The standard InChI is InChI=1S/C30H50O5/c1-26(2)20(19(18-31)8-9-22-21(26)12-16-29(22,6)33)10-11-23-28(5)15-13-24(32)27(3,4)35-25(28)14-17-30(23,7)34/h8,18,20-25,32-34H,9-17H2,1-7H3. The Morgan fingerprint density at radius 1 is 0.914 bits per heavy atom. The largest absolute Gasteiger partial charge is 0.390 e. The Morgan fingerprint density at radius 2 is 1.57 bits per heavy atom. The lowest BCUT2D eigenvalue weighted by molar-refractivity contribution is -0.206. The lowest BCUT2D eigenvalue weighted by Crippen LogP contribution is -2.56. The number of aldehydes is 1. The molecule has 0 radical (unpaired) electrons. The van der Waals surface area contributed by atoms with Crippen molar-refractivity contribution in [2.24, 2.45) is 34.5 Å². The molecule has 0 aromatic carbocycles. The molecule has 9 atom stereocenters. The van der Waals surface area contributed by atoms with E-state index in [-0.39, 0.29) is 34.7 Å². The number of hydrogen-bond acceptors (Lipinski definition) is 5. The number of allylic oxidation sites excluding steroid dienone is 2. The van der Waals surface area contributed by atoms with Crippen LogP contribution in [0.2, 0.25) is 0 Å². The quantitative estimate of drug-likeness (QED) is 0.472. The maximum absolute atomic E-state index is 12.3. The van der Waals surface area contributed by atoms with Crippen molar-refractivity contribution in [3.8, 4) is 0 Å². The third-order valence-electron chi connectivity index (χ3n) is 11.4. The van der Waals surface area contributed by atoms with Crippen LogP contribution >= 0.6 is 0 Å². The third-order valence-corrected chi connectivity index (χ3v) is 11.4. The summed E-state index contributed by atoms with van der Waals surface area (Å²) in [4.78, 5) is 12.3. The van der Waals surface area contributed by atoms with Crippen molar-refractivity contribution in [2.45, 2.75) is 135 Å². The molecule has 9 unspecified atom stereocenters. The van der Waals surface area contributed by atoms with E-state index in [1.54, 1.807) is 0 Å². The highest BCUT2D eigenvalue weighted by molar-refractivity contribution is 5.74. The van der Waals surface area contributed by atoms with Crippen LogP contribution in [0.25, 0.3) is 0 Å². The summed E-state index contributed by atoms with van der Waals surface area (Å²) in [5.41, 5.74) is -1.58. The van der Waals surface area contributed by atoms with Crippen molar-refractivity contribution in [1.82, 2.24) is 0 Å². The molecular weight excluding hydrogens is 440 g/mol. The van der Waals surface area contributed by atoms with Gasteiger partial charge in [-0.15, -0.1) is 0 Å². The van der Waals surface area contributed by atoms with Gasteiger partial charge in [-0.1, -0.05) is 26.8 Å². The Balaban J connectivity index is 1.62. The van der Waals surface area contributed by atoms with Crippen molar-refractivity contribution in [2.75, 3.05) is 0 Å². The zero-order chi connectivity index (χ0) is 26.0. The number of aliphatic hydroxyl groups excluding tert-OH is 1. The summed E-state index contributed by atoms with van der Waals surface area (Å²) < 4.78 is 6.56. The zero-order valence-electron chi connectivity index (χ0n) is 23.1. The molecular formula is C30H50O5. The molecule has 0 bridgehead atoms. The molecule has 1 aliphatic heterocycles. The second-order valence-corrected chi connectivity index (χ2v) is 14.3. The van der Waals surface area contributed by atoms with Gasteiger partial charge in [0.05, 0.1) is 29.0 Å². The van der Waals surface area contributed by atoms with Crippen LogP contribution in [0.5, 0.6) is 0 Å². The van der Waals surface area contributed by atoms with E-state index >= 15 is 0 Å². The van der Waals surface area contributed by atoms with Crippen molar-refractivity contribution < 1.29 is 24.9 Å². The van der Waals surface area contributed by atoms with Gasteiger partial charge in [-0.25, -0.2) is 0 Å². The maximum atomic E-state index is 12.3. The van der Waals surface area contributed by atoms with Gasteiger partial charge in [0.25, 0.3) is 0 Å². The lowest BCUT2D eigenvalue weighted by atomic mass is 9.55. The van der Waals surface area contributed by atoms with E-state index in [9.17, 15) is 20.1 Å². The van der Waals surface area contributed by atoms with Gasteiger partial charge in [0.1, 0.15) is 6.29 Å². The molecule has 5 heteroatoms. The van der Waals surface area contributed by atoms with Gasteiger partial charge < -0.3 is 20.1 Å². The van der Waals surface area contributed by atoms with Crippen molar-refractivity contribution in [3.05, 3.63) is 11.6 Å². The number of carbonyl (C=O) groups excluding carboxylic acids is 1. The van der Waals surface area contributed by atoms with Crippen LogP contribution in [0.4, 0.5) is 0 Å². The molecule has 3 fully saturated rings. The van der Waals surface area contributed by atoms with E-state index in [0.717, 1.165) is 56.8 Å². The Morgan fingerprint density at radius 3 is 2.23 bits per heavy atom. The van der Waals surface area contributed by atoms with Crippen molar-refractivity contribution in [3.63, 3.8) is 0 Å². The second-order valence-electron chi connectivity index (χ2n) is 14.3. The van der Waals surface area contributed by atoms with Gasteiger partial charge in [0, 0.05) is 0 Å². The number of ether oxygens (including phenoxy) is 1. The molecule has 0 amide bonds. The molecule has 3 N–H and O–H groups in total. The molecule has 4 aliphatic rings. The van der Waals surface area contributed by atoms with Crippen LogP contribution in [0, 0.1) is 34.5 Å². The van der Waals surface area contributed by atoms with Crippen LogP contribution in [0.1, 0.15) is 106 Å². The number of carbonyl (C=O) groups is 1. The van der Waals surface area contributed by atoms with Gasteiger partial charge in [0.2, 0.25) is 0 Å². The second kappa shape index (κ2) is 8.92. The molecule has 2 saturated carbocycles. The Labute approximate surface area is 212 Å². The van der Waals surface area contributed by atoms with E-state index in [2.05, 4.69) is 26.8 Å². The predicted octanol–water partition coefficient (Wildman–Crippen LogP) is 5.20. The molecule has 35 heavy (non-hydrogen) atoms. The van der Waals surface area contributed by atoms with Crippen molar-refractivity contribution in [1.29, 1.82) is 0 Å². The van der Waals surface area contributed by atoms with Crippen molar-refractivity contribution >= 4 is 6.29 Å². The summed E-state index contributed by atoms with van der Waals surface area (Å²) in [7, 11) is 0. The Hall–Kier alpha value is -0.750. The number of hydrogen-bond donors (Lipinski definition) is 3. The molecule has 5 nitrogen and oxygen atoms in total. The first-order chi connectivity index (χ1) is 16.1. The highest BCUT2D eigenvalue weighted by Gasteiger charge is 2.58. The summed E-state index contributed by atoms with van der Waals surface area (Å²) in [5.74, 6) is 0.654. The smallest absolute Gasteiger partial charge is 0.146 e. The fourth-order valence-corrected chi connectivity index (χ4v) is 8.94. The van der Waals surface area contributed by atoms with E-state index in [4.69, 9.17) is 4.74 Å². The van der Waals surface area contributed by atoms with Crippen LogP contribution in [0.3, 0.4) is 0 Å². The third kappa shape index (κ3) is 4.57. The molecule has 3 aliphatic carbocycles. The summed E-state index contributed by atoms with van der Waals surface area (Å²) in [6.07, 6.45) is 9.79. The van der Waals surface area contributed by atoms with Crippen LogP contribution in [-0.2, 0) is 9.53 Å². The molecule has 0 aromatic heterocycles. The number of rotatable bonds is 4. The van der Waals surface area contributed by atoms with Gasteiger partial charge in [-0.3, -0.25) is 4.79 Å². The first-order valence-corrected chi connectivity index (χ1v) is 14.0. The monoisotopic (exact) mass is 490 g/mol. The first kappa shape index (κ1) is 27.3. The Bertz CT molecular complexity index is 840. The number of fused-ring (bicyclic) bond motifs is 2. The first-order valence-electron chi connectivity index (χ1n) is 14.0. The molecule has 1 saturated heterocycles. The molecule has 4 rings (SSSR count). The topological polar surface area (TPSA) is 87.0 Å². The lowest BCUT2D eigenvalue weighted by Gasteiger charge is -2.54. The predicted molar refractivity (Wildman–Crippen MR) is 138 cm³/mol. The van der Waals surface area contributed by atoms with Gasteiger partial charge in [-0.2, -0.15) is 0 Å². The summed E-state index contributed by atoms with van der Waals surface area (Å²) in [6, 6.07) is 0. The van der Waals surface area contributed by atoms with E-state index in [1.165, 1.54) is 0 Å². The Kier molecular flexibility index (Phi) is 6.96. The fourth-order valence-electron chi connectivity index (χ4n) is 8.94. The molecule has 0 aromatic rings. The molecule has 200 valence electrons. The summed E-state index contributed by atoms with van der Waals surface area (Å²) >= 11 is 0. The maximum Gasteiger partial charge on any atom is 0.146 e. The SMILES string of the molecule is CC1(O)CCC2C1CC=C(C=O)C(CCC1C(C)(O)CCC3OC(C)(C)C(O)CCC31C)C2(C)C. The minimum atomic E-state index is -0.812. The molecule has 0 spiro atoms. The normalized spacial score (nSPS) is 49.3. The zero-order valence-corrected chi connectivity index (χ0v) is 23.1. The van der Waals surface area contributed by atoms with Gasteiger partial charge in [-0.05, 0) is 126 Å². The summed E-state index contributed by atoms with van der Waals surface area (Å²) in [5, 5.41) is 33.5. The van der Waals surface area contributed by atoms with E-state index in [1.807, 2.05) is 27.7 Å². The van der Waals surface area contributed by atoms with Gasteiger partial charge >= 0.3 is 0 Å². The average molecular weight is 491 g/mol. The molecule has 1 heterocycles. The van der Waals surface area contributed by atoms with E-state index in [0.29, 0.717) is 18.8 Å². The minimum Gasteiger partial charge on any atom is -0.390 e. The minimum absolute atomic E-state index is 0.00240. The summed E-state index contributed by atoms with van der Waals surface area (Å²) in [6.45, 7) is 14.7. The van der Waals surface area contributed by atoms with Crippen LogP contribution in [0.15, 0.2) is 11.6 Å². The van der Waals surface area contributed by atoms with Crippen LogP contribution < -0.4 is 0 Å². The van der Waals surface area contributed by atoms with Gasteiger partial charge in [0.15, 0.2) is 0 Å². The highest BCUT2D eigenvalue weighted by Crippen LogP contribution is 2.59. The van der Waals surface area contributed by atoms with E-state index < -0.39 is 22.9 Å². The van der Waals surface area contributed by atoms with Crippen LogP contribution in [-0.4, -0.2) is 50.6 Å². The highest BCUT2D eigenvalue weighted by atomic mass is 16.5. The average Bonchev–Trinajstić information content (AvgIpc) is 2.96. The number of aliphatic hydroxyl groups is 3.